The highest BCUT2D eigenvalue weighted by Gasteiger charge is 2.26. The maximum absolute atomic E-state index is 11.0. The van der Waals surface area contributed by atoms with Gasteiger partial charge in [-0.2, -0.15) is 0 Å². The molecule has 15 heavy (non-hydrogen) atoms. The summed E-state index contributed by atoms with van der Waals surface area (Å²) in [5.41, 5.74) is 10.00. The van der Waals surface area contributed by atoms with Gasteiger partial charge in [0, 0.05) is 0 Å². The van der Waals surface area contributed by atoms with Gasteiger partial charge in [-0.25, -0.2) is 4.79 Å². The van der Waals surface area contributed by atoms with Crippen LogP contribution in [0.25, 0.3) is 0 Å². The first-order chi connectivity index (χ1) is 6.73. The van der Waals surface area contributed by atoms with Gasteiger partial charge in [-0.1, -0.05) is 0 Å². The Morgan fingerprint density at radius 2 is 1.67 bits per heavy atom. The van der Waals surface area contributed by atoms with Crippen LogP contribution in [0.5, 0.6) is 0 Å². The Balaban J connectivity index is 3.56. The molecule has 0 spiro atoms. The molecule has 0 radical (unpaired) electrons. The zero-order chi connectivity index (χ0) is 11.8. The molecule has 8 heteroatoms. The molecule has 0 aromatic heterocycles. The van der Waals surface area contributed by atoms with Gasteiger partial charge in [0.1, 0.15) is 0 Å². The minimum atomic E-state index is -4.67. The summed E-state index contributed by atoms with van der Waals surface area (Å²) < 4.78 is 11.0. The van der Waals surface area contributed by atoms with E-state index >= 15 is 0 Å². The van der Waals surface area contributed by atoms with Crippen LogP contribution in [0.1, 0.15) is 10.4 Å². The minimum Gasteiger partial charge on any atom is -0.478 e. The summed E-state index contributed by atoms with van der Waals surface area (Å²) >= 11 is 0. The first-order valence-corrected chi connectivity index (χ1v) is 5.33. The van der Waals surface area contributed by atoms with Crippen molar-refractivity contribution in [3.63, 3.8) is 0 Å². The Bertz CT molecular complexity index is 467. The Kier molecular flexibility index (Phi) is 2.72. The number of hydrogen-bond donors (Lipinski definition) is 5. The fraction of sp³-hybridized carbons (Fsp3) is 0. The SMILES string of the molecule is Nc1cc(C(=O)O)c(P(=O)(O)O)cc1N. The van der Waals surface area contributed by atoms with Crippen molar-refractivity contribution in [2.24, 2.45) is 0 Å². The molecule has 0 heterocycles. The normalized spacial score (nSPS) is 11.3. The van der Waals surface area contributed by atoms with Gasteiger partial charge in [0.15, 0.2) is 0 Å². The van der Waals surface area contributed by atoms with E-state index in [0.29, 0.717) is 0 Å². The number of carboxylic acid groups (broad SMARTS) is 1. The Morgan fingerprint density at radius 3 is 2.07 bits per heavy atom. The van der Waals surface area contributed by atoms with Crippen molar-refractivity contribution in [1.29, 1.82) is 0 Å². The third-order valence-corrected chi connectivity index (χ3v) is 2.74. The van der Waals surface area contributed by atoms with Crippen LogP contribution in [0.2, 0.25) is 0 Å². The van der Waals surface area contributed by atoms with Gasteiger partial charge in [0.2, 0.25) is 0 Å². The third-order valence-electron chi connectivity index (χ3n) is 1.75. The second kappa shape index (κ2) is 3.54. The number of hydrogen-bond acceptors (Lipinski definition) is 4. The topological polar surface area (TPSA) is 147 Å². The van der Waals surface area contributed by atoms with Crippen LogP contribution in [0.4, 0.5) is 11.4 Å². The maximum atomic E-state index is 11.0. The number of nitrogen functional groups attached to an aromatic ring is 2. The van der Waals surface area contributed by atoms with Gasteiger partial charge >= 0.3 is 13.6 Å². The number of benzene rings is 1. The van der Waals surface area contributed by atoms with Crippen molar-refractivity contribution in [2.45, 2.75) is 0 Å². The van der Waals surface area contributed by atoms with E-state index in [2.05, 4.69) is 0 Å². The lowest BCUT2D eigenvalue weighted by molar-refractivity contribution is 0.0698. The third kappa shape index (κ3) is 2.27. The first-order valence-electron chi connectivity index (χ1n) is 3.72. The van der Waals surface area contributed by atoms with E-state index in [4.69, 9.17) is 26.4 Å². The van der Waals surface area contributed by atoms with Crippen LogP contribution < -0.4 is 16.8 Å². The standard InChI is InChI=1S/C7H9N2O5P/c8-4-1-3(7(10)11)6(2-5(4)9)15(12,13)14/h1-2H,8-9H2,(H,10,11)(H2,12,13,14). The zero-order valence-corrected chi connectivity index (χ0v) is 8.31. The van der Waals surface area contributed by atoms with Gasteiger partial charge in [-0.05, 0) is 12.1 Å². The molecule has 0 saturated carbocycles. The molecular weight excluding hydrogens is 223 g/mol. The molecule has 7 N–H and O–H groups in total. The van der Waals surface area contributed by atoms with E-state index in [1.807, 2.05) is 0 Å². The highest BCUT2D eigenvalue weighted by Crippen LogP contribution is 2.36. The number of carboxylic acids is 1. The van der Waals surface area contributed by atoms with Crippen LogP contribution in [0, 0.1) is 0 Å². The molecular formula is C7H9N2O5P. The lowest BCUT2D eigenvalue weighted by atomic mass is 10.2. The number of rotatable bonds is 2. The summed E-state index contributed by atoms with van der Waals surface area (Å²) in [4.78, 5) is 28.5. The summed E-state index contributed by atoms with van der Waals surface area (Å²) in [5.74, 6) is -1.47. The predicted octanol–water partition coefficient (Wildman–Crippen LogP) is -0.648. The monoisotopic (exact) mass is 232 g/mol. The Hall–Kier alpha value is -1.56. The largest absolute Gasteiger partial charge is 0.478 e. The van der Waals surface area contributed by atoms with Crippen molar-refractivity contribution >= 4 is 30.2 Å². The van der Waals surface area contributed by atoms with E-state index in [-0.39, 0.29) is 11.4 Å². The number of anilines is 2. The fourth-order valence-corrected chi connectivity index (χ4v) is 1.81. The fourth-order valence-electron chi connectivity index (χ4n) is 1.03. The molecule has 7 nitrogen and oxygen atoms in total. The van der Waals surface area contributed by atoms with Gasteiger partial charge in [-0.15, -0.1) is 0 Å². The van der Waals surface area contributed by atoms with Crippen LogP contribution in [0.15, 0.2) is 12.1 Å². The first kappa shape index (κ1) is 11.5. The molecule has 0 unspecified atom stereocenters. The van der Waals surface area contributed by atoms with Gasteiger partial charge < -0.3 is 26.4 Å². The number of nitrogens with two attached hydrogens (primary N) is 2. The summed E-state index contributed by atoms with van der Waals surface area (Å²) in [6.45, 7) is 0. The quantitative estimate of drug-likeness (QED) is 0.336. The van der Waals surface area contributed by atoms with Crippen LogP contribution in [0.3, 0.4) is 0 Å². The summed E-state index contributed by atoms with van der Waals surface area (Å²) in [5, 5.41) is 8.07. The number of carbonyl (C=O) groups is 1. The van der Waals surface area contributed by atoms with Gasteiger partial charge in [-0.3, -0.25) is 4.57 Å². The van der Waals surface area contributed by atoms with E-state index in [1.54, 1.807) is 0 Å². The molecule has 0 bridgehead atoms. The van der Waals surface area contributed by atoms with Gasteiger partial charge in [0.05, 0.1) is 22.2 Å². The van der Waals surface area contributed by atoms with Crippen molar-refractivity contribution in [3.05, 3.63) is 17.7 Å². The van der Waals surface area contributed by atoms with Crippen molar-refractivity contribution in [1.82, 2.24) is 0 Å². The smallest absolute Gasteiger partial charge is 0.357 e. The molecule has 1 rings (SSSR count). The number of aromatic carboxylic acids is 1. The summed E-state index contributed by atoms with van der Waals surface area (Å²) in [7, 11) is -4.67. The zero-order valence-electron chi connectivity index (χ0n) is 7.41. The summed E-state index contributed by atoms with van der Waals surface area (Å²) in [6, 6.07) is 1.80. The molecule has 0 aliphatic carbocycles. The minimum absolute atomic E-state index is 0.0374. The maximum Gasteiger partial charge on any atom is 0.357 e. The van der Waals surface area contributed by atoms with Crippen molar-refractivity contribution in [3.8, 4) is 0 Å². The van der Waals surface area contributed by atoms with Crippen molar-refractivity contribution < 1.29 is 24.3 Å². The van der Waals surface area contributed by atoms with Crippen LogP contribution in [-0.4, -0.2) is 20.9 Å². The Labute approximate surface area is 84.5 Å². The van der Waals surface area contributed by atoms with Crippen molar-refractivity contribution in [2.75, 3.05) is 11.5 Å². The molecule has 1 aromatic rings. The highest BCUT2D eigenvalue weighted by molar-refractivity contribution is 7.60. The van der Waals surface area contributed by atoms with E-state index in [9.17, 15) is 9.36 Å². The average Bonchev–Trinajstić information content (AvgIpc) is 2.06. The molecule has 0 amide bonds. The molecule has 0 saturated heterocycles. The molecule has 82 valence electrons. The van der Waals surface area contributed by atoms with Gasteiger partial charge in [0.25, 0.3) is 0 Å². The molecule has 0 atom stereocenters. The average molecular weight is 232 g/mol. The van der Waals surface area contributed by atoms with Crippen LogP contribution in [-0.2, 0) is 4.57 Å². The van der Waals surface area contributed by atoms with E-state index < -0.39 is 24.4 Å². The molecule has 0 aliphatic heterocycles. The molecule has 0 fully saturated rings. The summed E-state index contributed by atoms with van der Waals surface area (Å²) in [6.07, 6.45) is 0. The van der Waals surface area contributed by atoms with E-state index in [1.165, 1.54) is 0 Å². The molecule has 1 aromatic carbocycles. The predicted molar refractivity (Wildman–Crippen MR) is 53.9 cm³/mol. The lowest BCUT2D eigenvalue weighted by Crippen LogP contribution is -2.17. The highest BCUT2D eigenvalue weighted by atomic mass is 31.2. The second-order valence-electron chi connectivity index (χ2n) is 2.85. The Morgan fingerprint density at radius 1 is 1.20 bits per heavy atom. The molecule has 0 aliphatic rings. The second-order valence-corrected chi connectivity index (χ2v) is 4.42. The lowest BCUT2D eigenvalue weighted by Gasteiger charge is -2.10. The van der Waals surface area contributed by atoms with Crippen LogP contribution >= 0.6 is 7.60 Å². The van der Waals surface area contributed by atoms with E-state index in [0.717, 1.165) is 12.1 Å².